The molecule has 0 N–H and O–H groups in total. The average Bonchev–Trinajstić information content (AvgIpc) is 3.18. The van der Waals surface area contributed by atoms with Gasteiger partial charge in [-0.1, -0.05) is 72.8 Å². The van der Waals surface area contributed by atoms with Crippen LogP contribution in [0.15, 0.2) is 66.7 Å². The molecule has 0 amide bonds. The van der Waals surface area contributed by atoms with E-state index in [4.69, 9.17) is 0 Å². The molecule has 3 rings (SSSR count). The summed E-state index contributed by atoms with van der Waals surface area (Å²) in [6.45, 7) is 0. The highest BCUT2D eigenvalue weighted by Gasteiger charge is 2.35. The highest BCUT2D eigenvalue weighted by molar-refractivity contribution is 5.50. The van der Waals surface area contributed by atoms with Gasteiger partial charge in [-0.3, -0.25) is 0 Å². The van der Waals surface area contributed by atoms with E-state index in [-0.39, 0.29) is 0 Å². The molecule has 2 aromatic rings. The summed E-state index contributed by atoms with van der Waals surface area (Å²) in [5, 5.41) is 0. The summed E-state index contributed by atoms with van der Waals surface area (Å²) >= 11 is 0. The zero-order valence-electron chi connectivity index (χ0n) is 9.79. The summed E-state index contributed by atoms with van der Waals surface area (Å²) in [5.41, 5.74) is 2.78. The molecule has 0 heteroatoms. The SMILES string of the molecule is C(=C\[C@H]1C[C@H]1c1ccccc1)/c1ccccc1. The van der Waals surface area contributed by atoms with Crippen molar-refractivity contribution in [2.75, 3.05) is 0 Å². The molecule has 2 atom stereocenters. The lowest BCUT2D eigenvalue weighted by Gasteiger charge is -1.96. The van der Waals surface area contributed by atoms with E-state index >= 15 is 0 Å². The average molecular weight is 220 g/mol. The molecular formula is C17H16. The van der Waals surface area contributed by atoms with Crippen molar-refractivity contribution in [3.63, 3.8) is 0 Å². The number of rotatable bonds is 3. The van der Waals surface area contributed by atoms with Gasteiger partial charge in [0.1, 0.15) is 0 Å². The van der Waals surface area contributed by atoms with Crippen molar-refractivity contribution >= 4 is 6.08 Å². The van der Waals surface area contributed by atoms with Gasteiger partial charge in [0.05, 0.1) is 0 Å². The van der Waals surface area contributed by atoms with Crippen LogP contribution in [-0.2, 0) is 0 Å². The van der Waals surface area contributed by atoms with E-state index in [1.54, 1.807) is 0 Å². The van der Waals surface area contributed by atoms with Crippen molar-refractivity contribution in [3.8, 4) is 0 Å². The lowest BCUT2D eigenvalue weighted by atomic mass is 10.1. The van der Waals surface area contributed by atoms with E-state index in [2.05, 4.69) is 72.8 Å². The number of hydrogen-bond acceptors (Lipinski definition) is 0. The topological polar surface area (TPSA) is 0 Å². The molecule has 0 aromatic heterocycles. The number of hydrogen-bond donors (Lipinski definition) is 0. The quantitative estimate of drug-likeness (QED) is 0.714. The molecule has 0 bridgehead atoms. The Morgan fingerprint density at radius 1 is 0.824 bits per heavy atom. The Bertz CT molecular complexity index is 496. The molecule has 1 fully saturated rings. The lowest BCUT2D eigenvalue weighted by Crippen LogP contribution is -1.79. The maximum atomic E-state index is 2.35. The van der Waals surface area contributed by atoms with Gasteiger partial charge < -0.3 is 0 Å². The van der Waals surface area contributed by atoms with Crippen LogP contribution in [0.25, 0.3) is 6.08 Å². The zero-order chi connectivity index (χ0) is 11.5. The normalized spacial score (nSPS) is 22.8. The van der Waals surface area contributed by atoms with Crippen molar-refractivity contribution in [1.29, 1.82) is 0 Å². The van der Waals surface area contributed by atoms with Gasteiger partial charge in [0, 0.05) is 0 Å². The molecule has 84 valence electrons. The molecule has 0 nitrogen and oxygen atoms in total. The molecule has 0 saturated heterocycles. The Kier molecular flexibility index (Phi) is 2.79. The van der Waals surface area contributed by atoms with Gasteiger partial charge in [-0.15, -0.1) is 0 Å². The predicted molar refractivity (Wildman–Crippen MR) is 72.8 cm³/mol. The fourth-order valence-corrected chi connectivity index (χ4v) is 2.31. The molecule has 0 heterocycles. The second-order valence-electron chi connectivity index (χ2n) is 4.69. The van der Waals surface area contributed by atoms with Crippen LogP contribution in [0, 0.1) is 5.92 Å². The van der Waals surface area contributed by atoms with Gasteiger partial charge in [-0.05, 0) is 29.4 Å². The van der Waals surface area contributed by atoms with E-state index in [9.17, 15) is 0 Å². The second kappa shape index (κ2) is 4.58. The van der Waals surface area contributed by atoms with E-state index in [0.717, 1.165) is 11.8 Å². The standard InChI is InChI=1S/C17H16/c1-3-7-14(8-4-1)11-12-16-13-17(16)15-9-5-2-6-10-15/h1-12,16-17H,13H2/b12-11+/t16-,17-/m0/s1. The largest absolute Gasteiger partial charge is 0.0802 e. The summed E-state index contributed by atoms with van der Waals surface area (Å²) in [4.78, 5) is 0. The molecule has 0 spiro atoms. The highest BCUT2D eigenvalue weighted by Crippen LogP contribution is 2.48. The summed E-state index contributed by atoms with van der Waals surface area (Å²) in [7, 11) is 0. The Balaban J connectivity index is 1.65. The number of benzene rings is 2. The van der Waals surface area contributed by atoms with Gasteiger partial charge in [-0.25, -0.2) is 0 Å². The maximum Gasteiger partial charge on any atom is -0.00929 e. The first kappa shape index (κ1) is 10.3. The smallest absolute Gasteiger partial charge is 0.00929 e. The summed E-state index contributed by atoms with van der Waals surface area (Å²) < 4.78 is 0. The molecule has 2 aromatic carbocycles. The third-order valence-electron chi connectivity index (χ3n) is 3.40. The van der Waals surface area contributed by atoms with Crippen LogP contribution in [-0.4, -0.2) is 0 Å². The molecule has 1 aliphatic rings. The summed E-state index contributed by atoms with van der Waals surface area (Å²) in [5.74, 6) is 1.48. The third kappa shape index (κ3) is 2.47. The molecule has 1 aliphatic carbocycles. The fourth-order valence-electron chi connectivity index (χ4n) is 2.31. The molecule has 0 radical (unpaired) electrons. The van der Waals surface area contributed by atoms with Crippen LogP contribution >= 0.6 is 0 Å². The van der Waals surface area contributed by atoms with Gasteiger partial charge >= 0.3 is 0 Å². The van der Waals surface area contributed by atoms with Crippen molar-refractivity contribution in [3.05, 3.63) is 77.9 Å². The molecule has 0 aliphatic heterocycles. The minimum atomic E-state index is 0.734. The Labute approximate surface area is 103 Å². The second-order valence-corrected chi connectivity index (χ2v) is 4.69. The fraction of sp³-hybridized carbons (Fsp3) is 0.176. The minimum absolute atomic E-state index is 0.734. The van der Waals surface area contributed by atoms with Crippen LogP contribution < -0.4 is 0 Å². The van der Waals surface area contributed by atoms with E-state index in [0.29, 0.717) is 0 Å². The first-order valence-electron chi connectivity index (χ1n) is 6.22. The van der Waals surface area contributed by atoms with Crippen molar-refractivity contribution in [1.82, 2.24) is 0 Å². The van der Waals surface area contributed by atoms with Crippen LogP contribution in [0.3, 0.4) is 0 Å². The number of allylic oxidation sites excluding steroid dienone is 1. The monoisotopic (exact) mass is 220 g/mol. The predicted octanol–water partition coefficient (Wildman–Crippen LogP) is 4.50. The molecule has 0 unspecified atom stereocenters. The van der Waals surface area contributed by atoms with Crippen LogP contribution in [0.2, 0.25) is 0 Å². The van der Waals surface area contributed by atoms with Gasteiger partial charge in [0.25, 0.3) is 0 Å². The highest BCUT2D eigenvalue weighted by atomic mass is 14.4. The summed E-state index contributed by atoms with van der Waals surface area (Å²) in [6.07, 6.45) is 5.90. The van der Waals surface area contributed by atoms with Crippen molar-refractivity contribution in [2.45, 2.75) is 12.3 Å². The van der Waals surface area contributed by atoms with Crippen molar-refractivity contribution < 1.29 is 0 Å². The van der Waals surface area contributed by atoms with Crippen LogP contribution in [0.4, 0.5) is 0 Å². The van der Waals surface area contributed by atoms with Gasteiger partial charge in [0.15, 0.2) is 0 Å². The van der Waals surface area contributed by atoms with Gasteiger partial charge in [-0.2, -0.15) is 0 Å². The first-order valence-corrected chi connectivity index (χ1v) is 6.22. The van der Waals surface area contributed by atoms with Crippen molar-refractivity contribution in [2.24, 2.45) is 5.92 Å². The molecule has 1 saturated carbocycles. The van der Waals surface area contributed by atoms with E-state index < -0.39 is 0 Å². The van der Waals surface area contributed by atoms with E-state index in [1.165, 1.54) is 17.5 Å². The lowest BCUT2D eigenvalue weighted by molar-refractivity contribution is 1.02. The third-order valence-corrected chi connectivity index (χ3v) is 3.40. The summed E-state index contributed by atoms with van der Waals surface area (Å²) in [6, 6.07) is 21.3. The first-order chi connectivity index (χ1) is 8.43. The Morgan fingerprint density at radius 3 is 2.18 bits per heavy atom. The Hall–Kier alpha value is -1.82. The maximum absolute atomic E-state index is 2.35. The molecule has 17 heavy (non-hydrogen) atoms. The van der Waals surface area contributed by atoms with Crippen LogP contribution in [0.5, 0.6) is 0 Å². The minimum Gasteiger partial charge on any atom is -0.0802 e. The zero-order valence-corrected chi connectivity index (χ0v) is 9.79. The molecular weight excluding hydrogens is 204 g/mol. The van der Waals surface area contributed by atoms with E-state index in [1.807, 2.05) is 0 Å². The Morgan fingerprint density at radius 2 is 1.47 bits per heavy atom. The van der Waals surface area contributed by atoms with Gasteiger partial charge in [0.2, 0.25) is 0 Å². The van der Waals surface area contributed by atoms with Crippen LogP contribution in [0.1, 0.15) is 23.5 Å².